The average molecular weight is 670 g/mol. The maximum Gasteiger partial charge on any atom is 0.217 e. The number of carbonyl (C=O) groups excluding carboxylic acids is 1. The lowest BCUT2D eigenvalue weighted by molar-refractivity contribution is -0.119. The largest absolute Gasteiger partial charge is 0.395 e. The van der Waals surface area contributed by atoms with Crippen molar-refractivity contribution in [1.29, 1.82) is 5.41 Å². The second-order valence-corrected chi connectivity index (χ2v) is 14.2. The van der Waals surface area contributed by atoms with E-state index in [0.29, 0.717) is 11.5 Å². The summed E-state index contributed by atoms with van der Waals surface area (Å²) in [5, 5.41) is 12.5. The molecule has 0 radical (unpaired) electrons. The van der Waals surface area contributed by atoms with Gasteiger partial charge in [0, 0.05) is 36.8 Å². The first-order valence-electron chi connectivity index (χ1n) is 18.4. The number of allylic oxidation sites excluding steroid dienone is 2. The fourth-order valence-corrected chi connectivity index (χ4v) is 5.55. The van der Waals surface area contributed by atoms with Crippen molar-refractivity contribution in [2.45, 2.75) is 152 Å². The molecular weight excluding hydrogens is 602 g/mol. The minimum atomic E-state index is 0.0182. The third kappa shape index (κ3) is 17.4. The number of halogens is 1. The van der Waals surface area contributed by atoms with E-state index in [2.05, 4.69) is 46.9 Å². The molecule has 7 heteroatoms. The first-order chi connectivity index (χ1) is 22.4. The van der Waals surface area contributed by atoms with Crippen molar-refractivity contribution in [3.63, 3.8) is 0 Å². The summed E-state index contributed by atoms with van der Waals surface area (Å²) in [6.07, 6.45) is 15.1. The van der Waals surface area contributed by atoms with E-state index in [1.165, 1.54) is 50.5 Å². The molecule has 0 unspecified atom stereocenters. The number of piperidine rings is 1. The highest BCUT2D eigenvalue weighted by molar-refractivity contribution is 6.32. The lowest BCUT2D eigenvalue weighted by Gasteiger charge is -2.34. The number of amidine groups is 1. The van der Waals surface area contributed by atoms with Crippen LogP contribution in [0.1, 0.15) is 143 Å². The van der Waals surface area contributed by atoms with Crippen LogP contribution in [0.25, 0.3) is 0 Å². The number of nitrogens with one attached hydrogen (secondary N) is 2. The predicted octanol–water partition coefficient (Wildman–Crippen LogP) is 10.5. The maximum atomic E-state index is 11.2. The van der Waals surface area contributed by atoms with E-state index < -0.39 is 0 Å². The van der Waals surface area contributed by atoms with Crippen molar-refractivity contribution in [1.82, 2.24) is 10.2 Å². The van der Waals surface area contributed by atoms with Gasteiger partial charge in [-0.25, -0.2) is 0 Å². The number of aliphatic imine (C=N–C) groups is 1. The topological polar surface area (TPSA) is 94.6 Å². The highest BCUT2D eigenvalue weighted by atomic mass is 35.5. The van der Waals surface area contributed by atoms with Gasteiger partial charge in [-0.3, -0.25) is 15.2 Å². The minimum absolute atomic E-state index is 0.0182. The van der Waals surface area contributed by atoms with Gasteiger partial charge in [0.05, 0.1) is 12.2 Å². The number of carbonyl (C=O) groups is 1. The maximum absolute atomic E-state index is 11.2. The Kier molecular flexibility index (Phi) is 21.4. The summed E-state index contributed by atoms with van der Waals surface area (Å²) in [6, 6.07) is 6.24. The lowest BCUT2D eigenvalue weighted by Crippen LogP contribution is -2.47. The zero-order valence-electron chi connectivity index (χ0n) is 31.5. The number of amides is 1. The number of hydrogen-bond acceptors (Lipinski definition) is 4. The van der Waals surface area contributed by atoms with Crippen LogP contribution >= 0.6 is 11.6 Å². The van der Waals surface area contributed by atoms with E-state index in [1.807, 2.05) is 36.9 Å². The van der Waals surface area contributed by atoms with Crippen LogP contribution in [-0.4, -0.2) is 48.0 Å². The zero-order chi connectivity index (χ0) is 35.4. The molecule has 4 N–H and O–H groups in total. The van der Waals surface area contributed by atoms with E-state index >= 15 is 0 Å². The first kappa shape index (κ1) is 42.4. The fraction of sp³-hybridized carbons (Fsp3) is 0.675. The van der Waals surface area contributed by atoms with Crippen LogP contribution in [0.15, 0.2) is 45.6 Å². The van der Waals surface area contributed by atoms with Gasteiger partial charge >= 0.3 is 0 Å². The summed E-state index contributed by atoms with van der Waals surface area (Å²) in [5.74, 6) is 1.35. The SMILES string of the molecule is CC(=O)NC1CCN(C(=N)/C(N)=C2\CCCCC2=NCC(C)=C2CC2)CC1.CCCC.CCCCC(C)C.Cc1cccc(C)c1Cl. The van der Waals surface area contributed by atoms with Crippen molar-refractivity contribution in [3.8, 4) is 0 Å². The second kappa shape index (κ2) is 23.7. The van der Waals surface area contributed by atoms with E-state index in [0.717, 1.165) is 91.5 Å². The second-order valence-electron chi connectivity index (χ2n) is 13.8. The molecule has 3 aliphatic rings. The molecule has 1 aromatic rings. The molecule has 0 atom stereocenters. The molecule has 0 spiro atoms. The average Bonchev–Trinajstić information content (AvgIpc) is 3.91. The molecule has 1 aromatic carbocycles. The van der Waals surface area contributed by atoms with Crippen LogP contribution in [0.4, 0.5) is 0 Å². The highest BCUT2D eigenvalue weighted by Gasteiger charge is 2.25. The Morgan fingerprint density at radius 1 is 1.00 bits per heavy atom. The summed E-state index contributed by atoms with van der Waals surface area (Å²) in [4.78, 5) is 18.1. The molecule has 3 fully saturated rings. The van der Waals surface area contributed by atoms with Crippen LogP contribution in [0.3, 0.4) is 0 Å². The van der Waals surface area contributed by atoms with Gasteiger partial charge in [0.1, 0.15) is 5.84 Å². The number of aryl methyl sites for hydroxylation is 2. The lowest BCUT2D eigenvalue weighted by atomic mass is 9.90. The Morgan fingerprint density at radius 2 is 1.57 bits per heavy atom. The molecule has 2 aliphatic carbocycles. The monoisotopic (exact) mass is 670 g/mol. The summed E-state index contributed by atoms with van der Waals surface area (Å²) in [7, 11) is 0. The Morgan fingerprint density at radius 3 is 2.02 bits per heavy atom. The first-order valence-corrected chi connectivity index (χ1v) is 18.8. The summed E-state index contributed by atoms with van der Waals surface area (Å²) in [5.41, 5.74) is 14.5. The van der Waals surface area contributed by atoms with Crippen LogP contribution in [0.5, 0.6) is 0 Å². The molecule has 1 heterocycles. The van der Waals surface area contributed by atoms with Crippen LogP contribution < -0.4 is 11.1 Å². The molecule has 266 valence electrons. The van der Waals surface area contributed by atoms with E-state index in [4.69, 9.17) is 27.7 Å². The molecule has 1 aliphatic heterocycles. The van der Waals surface area contributed by atoms with Gasteiger partial charge in [-0.15, -0.1) is 0 Å². The van der Waals surface area contributed by atoms with Gasteiger partial charge in [-0.2, -0.15) is 0 Å². The number of nitrogens with zero attached hydrogens (tertiary/aromatic N) is 2. The standard InChI is InChI=1S/C21H33N5O.C8H9Cl.C7H16.C4H10/c1-14(16-7-8-16)13-24-19-6-4-3-5-18(19)20(22)21(23)26-11-9-17(10-12-26)25-15(2)27;1-6-4-3-5-7(2)8(6)9;1-4-5-6-7(2)3;1-3-4-2/h17,23H,3-13,22H2,1-2H3,(H,25,27);3-5H,1-2H3;7H,4-6H2,1-3H3;3-4H2,1-2H3/b20-18-,23-21?,24-19?;;;. The van der Waals surface area contributed by atoms with Crippen molar-refractivity contribution < 1.29 is 4.79 Å². The van der Waals surface area contributed by atoms with Crippen molar-refractivity contribution in [2.75, 3.05) is 19.6 Å². The third-order valence-corrected chi connectivity index (χ3v) is 9.46. The van der Waals surface area contributed by atoms with E-state index in [-0.39, 0.29) is 11.9 Å². The fourth-order valence-electron chi connectivity index (χ4n) is 5.42. The highest BCUT2D eigenvalue weighted by Crippen LogP contribution is 2.32. The normalized spacial score (nSPS) is 17.8. The van der Waals surface area contributed by atoms with Gasteiger partial charge in [0.25, 0.3) is 0 Å². The number of hydrogen-bond donors (Lipinski definition) is 3. The van der Waals surface area contributed by atoms with Crippen LogP contribution in [0.2, 0.25) is 5.02 Å². The molecule has 2 saturated carbocycles. The third-order valence-electron chi connectivity index (χ3n) is 8.87. The molecular formula is C40H68ClN5O. The van der Waals surface area contributed by atoms with Gasteiger partial charge < -0.3 is 16.0 Å². The van der Waals surface area contributed by atoms with Crippen molar-refractivity contribution in [3.05, 3.63) is 56.8 Å². The van der Waals surface area contributed by atoms with Crippen LogP contribution in [0, 0.1) is 25.2 Å². The Balaban J connectivity index is 0.000000448. The summed E-state index contributed by atoms with van der Waals surface area (Å²) in [6.45, 7) is 21.2. The van der Waals surface area contributed by atoms with Crippen molar-refractivity contribution >= 4 is 29.1 Å². The molecule has 47 heavy (non-hydrogen) atoms. The molecule has 6 nitrogen and oxygen atoms in total. The number of benzene rings is 1. The number of likely N-dealkylation sites (tertiary alicyclic amines) is 1. The molecule has 1 amide bonds. The Bertz CT molecular complexity index is 1160. The van der Waals surface area contributed by atoms with Crippen molar-refractivity contribution in [2.24, 2.45) is 16.6 Å². The number of unbranched alkanes of at least 4 members (excludes halogenated alkanes) is 2. The molecule has 1 saturated heterocycles. The molecule has 4 rings (SSSR count). The van der Waals surface area contributed by atoms with Gasteiger partial charge in [-0.05, 0) is 94.8 Å². The number of rotatable bonds is 8. The van der Waals surface area contributed by atoms with E-state index in [9.17, 15) is 4.79 Å². The smallest absolute Gasteiger partial charge is 0.217 e. The van der Waals surface area contributed by atoms with E-state index in [1.54, 1.807) is 12.5 Å². The zero-order valence-corrected chi connectivity index (χ0v) is 32.2. The number of nitrogens with two attached hydrogens (primary N) is 1. The minimum Gasteiger partial charge on any atom is -0.395 e. The summed E-state index contributed by atoms with van der Waals surface area (Å²) >= 11 is 5.88. The Labute approximate surface area is 293 Å². The van der Waals surface area contributed by atoms with Gasteiger partial charge in [0.15, 0.2) is 0 Å². The molecule has 0 aromatic heterocycles. The van der Waals surface area contributed by atoms with Gasteiger partial charge in [0.2, 0.25) is 5.91 Å². The predicted molar refractivity (Wildman–Crippen MR) is 206 cm³/mol. The molecule has 0 bridgehead atoms. The quantitative estimate of drug-likeness (QED) is 0.146. The van der Waals surface area contributed by atoms with Gasteiger partial charge in [-0.1, -0.05) is 108 Å². The Hall–Kier alpha value is -2.60. The summed E-state index contributed by atoms with van der Waals surface area (Å²) < 4.78 is 0. The van der Waals surface area contributed by atoms with Crippen LogP contribution in [-0.2, 0) is 4.79 Å².